The van der Waals surface area contributed by atoms with Crippen LogP contribution in [0.4, 0.5) is 13.2 Å². The Morgan fingerprint density at radius 2 is 2.00 bits per heavy atom. The van der Waals surface area contributed by atoms with Gasteiger partial charge in [-0.15, -0.1) is 10.2 Å². The van der Waals surface area contributed by atoms with Crippen LogP contribution in [-0.4, -0.2) is 20.7 Å². The summed E-state index contributed by atoms with van der Waals surface area (Å²) in [5.41, 5.74) is 0. The maximum atomic E-state index is 11.9. The number of nitrogens with zero attached hydrogens (tertiary/aromatic N) is 2. The molecule has 8 heteroatoms. The first kappa shape index (κ1) is 9.59. The van der Waals surface area contributed by atoms with Crippen molar-refractivity contribution < 1.29 is 17.4 Å². The van der Waals surface area contributed by atoms with Crippen LogP contribution in [-0.2, 0) is 17.0 Å². The summed E-state index contributed by atoms with van der Waals surface area (Å²) >= 11 is 0.301. The van der Waals surface area contributed by atoms with E-state index < -0.39 is 22.0 Å². The molecule has 0 aliphatic carbocycles. The fraction of sp³-hybridized carbons (Fsp3) is 0.500. The van der Waals surface area contributed by atoms with Gasteiger partial charge in [0.25, 0.3) is 0 Å². The third-order valence-electron chi connectivity index (χ3n) is 0.895. The largest absolute Gasteiger partial charge is 0.445 e. The molecule has 0 unspecified atom stereocenters. The van der Waals surface area contributed by atoms with Gasteiger partial charge >= 0.3 is 6.18 Å². The lowest BCUT2D eigenvalue weighted by molar-refractivity contribution is -0.138. The summed E-state index contributed by atoms with van der Waals surface area (Å²) in [6, 6.07) is 0. The molecule has 1 atom stereocenters. The molecule has 0 saturated heterocycles. The summed E-state index contributed by atoms with van der Waals surface area (Å²) in [7, 11) is -1.50. The van der Waals surface area contributed by atoms with E-state index in [1.54, 1.807) is 0 Å². The molecule has 3 nitrogen and oxygen atoms in total. The van der Waals surface area contributed by atoms with E-state index in [-0.39, 0.29) is 4.34 Å². The molecule has 0 aliphatic rings. The molecule has 0 aromatic carbocycles. The van der Waals surface area contributed by atoms with Crippen molar-refractivity contribution in [3.63, 3.8) is 0 Å². The van der Waals surface area contributed by atoms with Crippen molar-refractivity contribution in [2.75, 3.05) is 6.26 Å². The highest BCUT2D eigenvalue weighted by Gasteiger charge is 2.35. The Labute approximate surface area is 72.1 Å². The zero-order valence-corrected chi connectivity index (χ0v) is 7.39. The van der Waals surface area contributed by atoms with E-state index in [2.05, 4.69) is 10.2 Å². The summed E-state index contributed by atoms with van der Waals surface area (Å²) < 4.78 is 46.1. The van der Waals surface area contributed by atoms with Gasteiger partial charge in [-0.2, -0.15) is 13.2 Å². The highest BCUT2D eigenvalue weighted by atomic mass is 32.2. The Balaban J connectivity index is 3.00. The Kier molecular flexibility index (Phi) is 2.47. The Hall–Kier alpha value is -0.500. The zero-order chi connectivity index (χ0) is 9.35. The second kappa shape index (κ2) is 3.09. The first-order chi connectivity index (χ1) is 5.41. The van der Waals surface area contributed by atoms with Gasteiger partial charge < -0.3 is 0 Å². The monoisotopic (exact) mass is 216 g/mol. The Morgan fingerprint density at radius 1 is 1.42 bits per heavy atom. The number of alkyl halides is 3. The van der Waals surface area contributed by atoms with Gasteiger partial charge in [0.1, 0.15) is 0 Å². The normalized spacial score (nSPS) is 14.7. The highest BCUT2D eigenvalue weighted by molar-refractivity contribution is 7.86. The summed E-state index contributed by atoms with van der Waals surface area (Å²) in [4.78, 5) is 0. The molecule has 0 saturated carbocycles. The average molecular weight is 216 g/mol. The number of hydrogen-bond donors (Lipinski definition) is 0. The predicted octanol–water partition coefficient (Wildman–Crippen LogP) is 1.29. The third-order valence-corrected chi connectivity index (χ3v) is 3.19. The van der Waals surface area contributed by atoms with Crippen LogP contribution in [0.25, 0.3) is 0 Å². The van der Waals surface area contributed by atoms with Gasteiger partial charge in [0, 0.05) is 6.26 Å². The van der Waals surface area contributed by atoms with Crippen molar-refractivity contribution in [1.29, 1.82) is 0 Å². The first-order valence-electron chi connectivity index (χ1n) is 2.65. The molecule has 0 amide bonds. The fourth-order valence-electron chi connectivity index (χ4n) is 0.440. The lowest BCUT2D eigenvalue weighted by Crippen LogP contribution is -2.03. The molecule has 12 heavy (non-hydrogen) atoms. The number of aromatic nitrogens is 2. The molecular formula is C4H3F3N2OS2. The SMILES string of the molecule is C[S@](=O)c1nnc(C(F)(F)F)s1. The van der Waals surface area contributed by atoms with Crippen LogP contribution < -0.4 is 0 Å². The maximum Gasteiger partial charge on any atom is 0.445 e. The average Bonchev–Trinajstić information content (AvgIpc) is 2.30. The van der Waals surface area contributed by atoms with Gasteiger partial charge in [0.15, 0.2) is 0 Å². The molecule has 0 radical (unpaired) electrons. The van der Waals surface area contributed by atoms with E-state index in [1.807, 2.05) is 0 Å². The van der Waals surface area contributed by atoms with Crippen molar-refractivity contribution in [1.82, 2.24) is 10.2 Å². The molecule has 68 valence electrons. The standard InChI is InChI=1S/C4H3F3N2OS2/c1-12(10)3-9-8-2(11-3)4(5,6)7/h1H3/t12-/m0/s1. The van der Waals surface area contributed by atoms with Gasteiger partial charge in [-0.05, 0) is 0 Å². The topological polar surface area (TPSA) is 42.9 Å². The van der Waals surface area contributed by atoms with Crippen LogP contribution in [0, 0.1) is 0 Å². The molecule has 1 heterocycles. The van der Waals surface area contributed by atoms with Crippen LogP contribution in [0.3, 0.4) is 0 Å². The Bertz CT molecular complexity index is 307. The van der Waals surface area contributed by atoms with Crippen LogP contribution in [0.2, 0.25) is 0 Å². The molecule has 0 bridgehead atoms. The molecule has 0 aliphatic heterocycles. The Morgan fingerprint density at radius 3 is 2.25 bits per heavy atom. The van der Waals surface area contributed by atoms with Crippen molar-refractivity contribution in [2.24, 2.45) is 0 Å². The quantitative estimate of drug-likeness (QED) is 0.710. The van der Waals surface area contributed by atoms with Crippen LogP contribution in [0.5, 0.6) is 0 Å². The van der Waals surface area contributed by atoms with Crippen molar-refractivity contribution in [2.45, 2.75) is 10.5 Å². The number of halogens is 3. The molecule has 1 aromatic heterocycles. The van der Waals surface area contributed by atoms with Gasteiger partial charge in [0.2, 0.25) is 9.35 Å². The van der Waals surface area contributed by atoms with Gasteiger partial charge in [-0.1, -0.05) is 11.3 Å². The molecule has 1 rings (SSSR count). The van der Waals surface area contributed by atoms with E-state index in [1.165, 1.54) is 6.26 Å². The predicted molar refractivity (Wildman–Crippen MR) is 37.2 cm³/mol. The second-order valence-electron chi connectivity index (χ2n) is 1.83. The van der Waals surface area contributed by atoms with E-state index in [4.69, 9.17) is 0 Å². The lowest BCUT2D eigenvalue weighted by Gasteiger charge is -1.96. The lowest BCUT2D eigenvalue weighted by atomic mass is 10.7. The number of rotatable bonds is 1. The number of hydrogen-bond acceptors (Lipinski definition) is 4. The summed E-state index contributed by atoms with van der Waals surface area (Å²) in [6.07, 6.45) is -3.24. The van der Waals surface area contributed by atoms with Gasteiger partial charge in [0.05, 0.1) is 10.8 Å². The summed E-state index contributed by atoms with van der Waals surface area (Å²) in [5.74, 6) is 0. The molecule has 0 spiro atoms. The van der Waals surface area contributed by atoms with Crippen molar-refractivity contribution in [3.8, 4) is 0 Å². The minimum absolute atomic E-state index is 0.109. The van der Waals surface area contributed by atoms with E-state index in [0.29, 0.717) is 11.3 Å². The first-order valence-corrected chi connectivity index (χ1v) is 5.03. The van der Waals surface area contributed by atoms with Crippen LogP contribution >= 0.6 is 11.3 Å². The summed E-state index contributed by atoms with van der Waals surface area (Å²) in [6.45, 7) is 0. The highest BCUT2D eigenvalue weighted by Crippen LogP contribution is 2.31. The third kappa shape index (κ3) is 2.01. The fourth-order valence-corrected chi connectivity index (χ4v) is 1.75. The van der Waals surface area contributed by atoms with Crippen molar-refractivity contribution in [3.05, 3.63) is 5.01 Å². The molecular weight excluding hydrogens is 213 g/mol. The molecule has 0 N–H and O–H groups in total. The second-order valence-corrected chi connectivity index (χ2v) is 4.36. The minimum atomic E-state index is -4.49. The minimum Gasteiger partial charge on any atom is -0.252 e. The zero-order valence-electron chi connectivity index (χ0n) is 5.75. The van der Waals surface area contributed by atoms with Crippen LogP contribution in [0.1, 0.15) is 5.01 Å². The van der Waals surface area contributed by atoms with E-state index >= 15 is 0 Å². The summed E-state index contributed by atoms with van der Waals surface area (Å²) in [5, 5.41) is 4.93. The van der Waals surface area contributed by atoms with Gasteiger partial charge in [-0.25, -0.2) is 0 Å². The maximum absolute atomic E-state index is 11.9. The van der Waals surface area contributed by atoms with E-state index in [0.717, 1.165) is 0 Å². The smallest absolute Gasteiger partial charge is 0.252 e. The van der Waals surface area contributed by atoms with Crippen molar-refractivity contribution >= 4 is 22.1 Å². The molecule has 1 aromatic rings. The van der Waals surface area contributed by atoms with E-state index in [9.17, 15) is 17.4 Å². The van der Waals surface area contributed by atoms with Gasteiger partial charge in [-0.3, -0.25) is 4.21 Å². The molecule has 0 fully saturated rings. The van der Waals surface area contributed by atoms with Crippen LogP contribution in [0.15, 0.2) is 4.34 Å².